The van der Waals surface area contributed by atoms with Gasteiger partial charge in [-0.05, 0) is 83.1 Å². The van der Waals surface area contributed by atoms with E-state index in [4.69, 9.17) is 21.3 Å². The Labute approximate surface area is 264 Å². The van der Waals surface area contributed by atoms with Gasteiger partial charge in [0.05, 0.1) is 35.1 Å². The minimum absolute atomic E-state index is 0.00925. The maximum absolute atomic E-state index is 12.6. The monoisotopic (exact) mass is 619 g/mol. The van der Waals surface area contributed by atoms with Gasteiger partial charge in [0.15, 0.2) is 0 Å². The number of amides is 2. The van der Waals surface area contributed by atoms with Gasteiger partial charge in [0.2, 0.25) is 17.8 Å². The number of nitrogens with one attached hydrogen (secondary N) is 2. The topological polar surface area (TPSA) is 103 Å². The molecule has 0 unspecified atom stereocenters. The van der Waals surface area contributed by atoms with E-state index in [-0.39, 0.29) is 11.8 Å². The van der Waals surface area contributed by atoms with Crippen molar-refractivity contribution in [3.8, 4) is 5.75 Å². The summed E-state index contributed by atoms with van der Waals surface area (Å²) in [6, 6.07) is 12.0. The van der Waals surface area contributed by atoms with Gasteiger partial charge in [-0.15, -0.1) is 0 Å². The second kappa shape index (κ2) is 13.4. The van der Waals surface area contributed by atoms with Crippen molar-refractivity contribution in [2.75, 3.05) is 69.5 Å². The molecule has 0 aliphatic carbocycles. The van der Waals surface area contributed by atoms with Crippen LogP contribution >= 0.6 is 11.6 Å². The minimum atomic E-state index is -0.590. The van der Waals surface area contributed by atoms with E-state index in [9.17, 15) is 9.59 Å². The van der Waals surface area contributed by atoms with E-state index in [1.165, 1.54) is 0 Å². The van der Waals surface area contributed by atoms with E-state index in [0.717, 1.165) is 59.9 Å². The number of aryl methyl sites for hydroxylation is 2. The molecule has 2 aliphatic heterocycles. The number of methoxy groups -OCH3 is 1. The Balaban J connectivity index is 1.22. The van der Waals surface area contributed by atoms with Gasteiger partial charge in [-0.3, -0.25) is 9.59 Å². The number of fused-ring (bicyclic) bond motifs is 1. The van der Waals surface area contributed by atoms with Crippen molar-refractivity contribution >= 4 is 46.4 Å². The summed E-state index contributed by atoms with van der Waals surface area (Å²) in [7, 11) is 5.70. The lowest BCUT2D eigenvalue weighted by Crippen LogP contribution is -2.48. The lowest BCUT2D eigenvalue weighted by molar-refractivity contribution is -0.131. The molecule has 0 spiro atoms. The molecule has 2 aliphatic rings. The first-order chi connectivity index (χ1) is 21.1. The molecule has 2 amide bonds. The first kappa shape index (κ1) is 31.5. The number of piperazine rings is 1. The van der Waals surface area contributed by atoms with E-state index in [1.54, 1.807) is 13.3 Å². The number of benzene rings is 2. The molecule has 3 heterocycles. The second-order valence-electron chi connectivity index (χ2n) is 12.2. The average molecular weight is 620 g/mol. The predicted molar refractivity (Wildman–Crippen MR) is 175 cm³/mol. The smallest absolute Gasteiger partial charge is 0.234 e. The molecule has 1 saturated heterocycles. The van der Waals surface area contributed by atoms with Crippen LogP contribution in [-0.4, -0.2) is 85.5 Å². The molecule has 1 aromatic heterocycles. The van der Waals surface area contributed by atoms with Crippen molar-refractivity contribution < 1.29 is 14.3 Å². The van der Waals surface area contributed by atoms with Crippen molar-refractivity contribution in [1.82, 2.24) is 19.8 Å². The zero-order valence-electron chi connectivity index (χ0n) is 26.2. The third-order valence-corrected chi connectivity index (χ3v) is 8.78. The van der Waals surface area contributed by atoms with Crippen molar-refractivity contribution in [2.24, 2.45) is 0 Å². The summed E-state index contributed by atoms with van der Waals surface area (Å²) in [5.41, 5.74) is 4.92. The molecule has 0 atom stereocenters. The summed E-state index contributed by atoms with van der Waals surface area (Å²) >= 11 is 6.52. The van der Waals surface area contributed by atoms with Crippen molar-refractivity contribution in [1.29, 1.82) is 0 Å². The number of halogens is 1. The summed E-state index contributed by atoms with van der Waals surface area (Å²) in [6.07, 6.45) is 4.36. The molecule has 2 aromatic carbocycles. The van der Waals surface area contributed by atoms with Crippen LogP contribution < -0.4 is 20.3 Å². The van der Waals surface area contributed by atoms with E-state index >= 15 is 0 Å². The summed E-state index contributed by atoms with van der Waals surface area (Å²) in [4.78, 5) is 40.6. The molecular weight excluding hydrogens is 578 g/mol. The quantitative estimate of drug-likeness (QED) is 0.313. The number of hydrogen-bond acceptors (Lipinski definition) is 8. The first-order valence-corrected chi connectivity index (χ1v) is 15.5. The highest BCUT2D eigenvalue weighted by molar-refractivity contribution is 6.31. The molecule has 0 saturated carbocycles. The lowest BCUT2D eigenvalue weighted by Gasteiger charge is -2.36. The first-order valence-electron chi connectivity index (χ1n) is 15.1. The van der Waals surface area contributed by atoms with Crippen LogP contribution in [0, 0.1) is 0 Å². The van der Waals surface area contributed by atoms with Crippen LogP contribution in [0.15, 0.2) is 42.6 Å². The van der Waals surface area contributed by atoms with Crippen LogP contribution in [0.5, 0.6) is 5.75 Å². The van der Waals surface area contributed by atoms with Gasteiger partial charge in [-0.1, -0.05) is 23.7 Å². The van der Waals surface area contributed by atoms with Crippen LogP contribution in [0.25, 0.3) is 0 Å². The Kier molecular flexibility index (Phi) is 9.60. The summed E-state index contributed by atoms with van der Waals surface area (Å²) in [6.45, 7) is 7.78. The largest absolute Gasteiger partial charge is 0.494 e. The number of anilines is 4. The number of carbonyl (C=O) groups is 2. The van der Waals surface area contributed by atoms with Crippen molar-refractivity contribution in [2.45, 2.75) is 44.9 Å². The SMILES string of the molecule is COc1cc(N2CCN(C(=O)CCCN(C)C)CC2)ccc1Nc1ncc(Cl)c(CCc2cccc3c2C(C)(C)C(=O)N3)n1. The molecule has 0 bridgehead atoms. The third kappa shape index (κ3) is 6.92. The molecule has 10 nitrogen and oxygen atoms in total. The van der Waals surface area contributed by atoms with Gasteiger partial charge >= 0.3 is 0 Å². The summed E-state index contributed by atoms with van der Waals surface area (Å²) in [5, 5.41) is 6.78. The zero-order valence-corrected chi connectivity index (χ0v) is 27.0. The van der Waals surface area contributed by atoms with Gasteiger partial charge in [-0.25, -0.2) is 9.97 Å². The van der Waals surface area contributed by atoms with Crippen LogP contribution in [0.1, 0.15) is 43.5 Å². The van der Waals surface area contributed by atoms with Crippen LogP contribution in [-0.2, 0) is 27.8 Å². The highest BCUT2D eigenvalue weighted by Crippen LogP contribution is 2.40. The Morgan fingerprint density at radius 3 is 2.64 bits per heavy atom. The van der Waals surface area contributed by atoms with E-state index < -0.39 is 5.41 Å². The van der Waals surface area contributed by atoms with Crippen LogP contribution in [0.2, 0.25) is 5.02 Å². The van der Waals surface area contributed by atoms with E-state index in [1.807, 2.05) is 63.2 Å². The second-order valence-corrected chi connectivity index (χ2v) is 12.6. The van der Waals surface area contributed by atoms with Gasteiger partial charge in [-0.2, -0.15) is 0 Å². The highest BCUT2D eigenvalue weighted by Gasteiger charge is 2.39. The predicted octanol–water partition coefficient (Wildman–Crippen LogP) is 4.89. The highest BCUT2D eigenvalue weighted by atomic mass is 35.5. The minimum Gasteiger partial charge on any atom is -0.494 e. The van der Waals surface area contributed by atoms with E-state index in [0.29, 0.717) is 49.1 Å². The number of rotatable bonds is 11. The zero-order chi connectivity index (χ0) is 31.4. The van der Waals surface area contributed by atoms with Crippen LogP contribution in [0.4, 0.5) is 23.0 Å². The Bertz CT molecular complexity index is 1520. The average Bonchev–Trinajstić information content (AvgIpc) is 3.25. The fourth-order valence-corrected chi connectivity index (χ4v) is 6.14. The van der Waals surface area contributed by atoms with Crippen molar-refractivity contribution in [3.63, 3.8) is 0 Å². The number of aromatic nitrogens is 2. The Morgan fingerprint density at radius 1 is 1.14 bits per heavy atom. The maximum Gasteiger partial charge on any atom is 0.234 e. The molecule has 3 aromatic rings. The standard InChI is InChI=1S/C33H42ClN7O3/c1-33(2)30-22(8-6-9-27(30)36-31(33)43)11-13-25-24(34)21-35-32(37-25)38-26-14-12-23(20-28(26)44-5)40-16-18-41(19-17-40)29(42)10-7-15-39(3)4/h6,8-9,12,14,20-21H,7,10-11,13,15-19H2,1-5H3,(H,36,43)(H,35,37,38). The molecular formula is C33H42ClN7O3. The molecule has 1 fully saturated rings. The summed E-state index contributed by atoms with van der Waals surface area (Å²) in [5.74, 6) is 1.33. The van der Waals surface area contributed by atoms with Crippen LogP contribution in [0.3, 0.4) is 0 Å². The molecule has 234 valence electrons. The van der Waals surface area contributed by atoms with E-state index in [2.05, 4.69) is 31.5 Å². The van der Waals surface area contributed by atoms with Gasteiger partial charge < -0.3 is 30.1 Å². The summed E-state index contributed by atoms with van der Waals surface area (Å²) < 4.78 is 5.73. The molecule has 5 rings (SSSR count). The Morgan fingerprint density at radius 2 is 1.91 bits per heavy atom. The molecule has 44 heavy (non-hydrogen) atoms. The fourth-order valence-electron chi connectivity index (χ4n) is 5.95. The maximum atomic E-state index is 12.6. The van der Waals surface area contributed by atoms with Gasteiger partial charge in [0, 0.05) is 50.0 Å². The fraction of sp³-hybridized carbons (Fsp3) is 0.455. The number of ether oxygens (including phenoxy) is 1. The van der Waals surface area contributed by atoms with Crippen molar-refractivity contribution in [3.05, 3.63) is 64.4 Å². The third-order valence-electron chi connectivity index (χ3n) is 8.46. The molecule has 0 radical (unpaired) electrons. The molecule has 11 heteroatoms. The van der Waals surface area contributed by atoms with Gasteiger partial charge in [0.1, 0.15) is 5.75 Å². The van der Waals surface area contributed by atoms with Gasteiger partial charge in [0.25, 0.3) is 0 Å². The number of carbonyl (C=O) groups excluding carboxylic acids is 2. The normalized spacial score (nSPS) is 15.8. The Hall–Kier alpha value is -3.89. The number of nitrogens with zero attached hydrogens (tertiary/aromatic N) is 5. The molecule has 2 N–H and O–H groups in total. The lowest BCUT2D eigenvalue weighted by atomic mass is 9.82. The number of hydrogen-bond donors (Lipinski definition) is 2.